The lowest BCUT2D eigenvalue weighted by molar-refractivity contribution is 0.463. The number of hydrogen-bond donors (Lipinski definition) is 3. The third-order valence-electron chi connectivity index (χ3n) is 3.93. The number of hydrogen-bond acceptors (Lipinski definition) is 3. The lowest BCUT2D eigenvalue weighted by atomic mass is 10.0. The Hall–Kier alpha value is -1.64. The van der Waals surface area contributed by atoms with Crippen LogP contribution in [0.3, 0.4) is 0 Å². The molecule has 138 valence electrons. The highest BCUT2D eigenvalue weighted by molar-refractivity contribution is 5.26. The van der Waals surface area contributed by atoms with Crippen LogP contribution in [-0.2, 0) is 0 Å². The molecule has 0 aromatic carbocycles. The molecular formula is C21H39N3. The normalized spacial score (nSPS) is 11.7. The third-order valence-corrected chi connectivity index (χ3v) is 3.93. The molecule has 0 bridgehead atoms. The van der Waals surface area contributed by atoms with Crippen LogP contribution < -0.4 is 16.0 Å². The van der Waals surface area contributed by atoms with E-state index in [1.165, 1.54) is 19.3 Å². The van der Waals surface area contributed by atoms with E-state index in [-0.39, 0.29) is 6.04 Å². The molecule has 0 spiro atoms. The van der Waals surface area contributed by atoms with Gasteiger partial charge in [-0.05, 0) is 37.7 Å². The van der Waals surface area contributed by atoms with Gasteiger partial charge in [0.25, 0.3) is 0 Å². The van der Waals surface area contributed by atoms with Crippen molar-refractivity contribution in [3.63, 3.8) is 0 Å². The molecule has 3 heteroatoms. The van der Waals surface area contributed by atoms with Gasteiger partial charge in [0.1, 0.15) is 0 Å². The first-order valence-corrected chi connectivity index (χ1v) is 9.29. The summed E-state index contributed by atoms with van der Waals surface area (Å²) in [5.41, 5.74) is 3.94. The summed E-state index contributed by atoms with van der Waals surface area (Å²) >= 11 is 0. The first-order valence-electron chi connectivity index (χ1n) is 9.29. The highest BCUT2D eigenvalue weighted by atomic mass is 15.0. The van der Waals surface area contributed by atoms with Crippen molar-refractivity contribution in [2.75, 3.05) is 13.1 Å². The summed E-state index contributed by atoms with van der Waals surface area (Å²) in [5.74, 6) is 0.587. The van der Waals surface area contributed by atoms with Crippen LogP contribution in [0.2, 0.25) is 0 Å². The molecule has 0 aliphatic rings. The van der Waals surface area contributed by atoms with Crippen LogP contribution in [0.1, 0.15) is 59.8 Å². The van der Waals surface area contributed by atoms with E-state index in [0.717, 1.165) is 42.1 Å². The fourth-order valence-electron chi connectivity index (χ4n) is 2.46. The van der Waals surface area contributed by atoms with Crippen LogP contribution in [0.25, 0.3) is 0 Å². The highest BCUT2D eigenvalue weighted by Gasteiger charge is 2.15. The summed E-state index contributed by atoms with van der Waals surface area (Å²) in [7, 11) is 0. The van der Waals surface area contributed by atoms with Crippen LogP contribution in [0.5, 0.6) is 0 Å². The maximum Gasteiger partial charge on any atom is 0.0653 e. The van der Waals surface area contributed by atoms with Crippen molar-refractivity contribution in [1.82, 2.24) is 16.0 Å². The Morgan fingerprint density at radius 2 is 1.62 bits per heavy atom. The predicted octanol–water partition coefficient (Wildman–Crippen LogP) is 4.87. The zero-order valence-corrected chi connectivity index (χ0v) is 16.4. The molecule has 24 heavy (non-hydrogen) atoms. The van der Waals surface area contributed by atoms with Crippen molar-refractivity contribution in [3.8, 4) is 0 Å². The fraction of sp³-hybridized carbons (Fsp3) is 0.619. The summed E-state index contributed by atoms with van der Waals surface area (Å²) in [5, 5.41) is 10.2. The molecular weight excluding hydrogens is 294 g/mol. The second kappa shape index (κ2) is 12.7. The molecule has 0 heterocycles. The molecule has 0 rings (SSSR count). The lowest BCUT2D eigenvalue weighted by Crippen LogP contribution is -2.37. The lowest BCUT2D eigenvalue weighted by Gasteiger charge is -2.26. The van der Waals surface area contributed by atoms with E-state index in [1.54, 1.807) is 0 Å². The quantitative estimate of drug-likeness (QED) is 0.296. The van der Waals surface area contributed by atoms with Gasteiger partial charge in [-0.25, -0.2) is 0 Å². The fourth-order valence-corrected chi connectivity index (χ4v) is 2.46. The number of nitrogens with one attached hydrogen (secondary N) is 3. The average Bonchev–Trinajstić information content (AvgIpc) is 2.51. The van der Waals surface area contributed by atoms with Crippen molar-refractivity contribution >= 4 is 0 Å². The largest absolute Gasteiger partial charge is 0.386 e. The van der Waals surface area contributed by atoms with Crippen molar-refractivity contribution < 1.29 is 0 Å². The van der Waals surface area contributed by atoms with Crippen LogP contribution in [0.15, 0.2) is 49.0 Å². The Bertz CT molecular complexity index is 421. The van der Waals surface area contributed by atoms with Crippen molar-refractivity contribution in [3.05, 3.63) is 49.0 Å². The second-order valence-corrected chi connectivity index (χ2v) is 6.88. The molecule has 0 aromatic rings. The van der Waals surface area contributed by atoms with E-state index in [1.807, 2.05) is 0 Å². The van der Waals surface area contributed by atoms with Gasteiger partial charge in [0.15, 0.2) is 0 Å². The molecule has 0 unspecified atom stereocenters. The molecule has 0 aliphatic carbocycles. The van der Waals surface area contributed by atoms with Gasteiger partial charge >= 0.3 is 0 Å². The Labute approximate surface area is 150 Å². The maximum absolute atomic E-state index is 4.23. The van der Waals surface area contributed by atoms with E-state index in [0.29, 0.717) is 12.5 Å². The number of likely N-dealkylation sites (N-methyl/N-ethyl adjacent to an activating group) is 1. The zero-order chi connectivity index (χ0) is 18.5. The van der Waals surface area contributed by atoms with E-state index in [9.17, 15) is 0 Å². The summed E-state index contributed by atoms with van der Waals surface area (Å²) in [6.45, 7) is 26.7. The molecule has 0 amide bonds. The predicted molar refractivity (Wildman–Crippen MR) is 109 cm³/mol. The van der Waals surface area contributed by atoms with E-state index in [4.69, 9.17) is 0 Å². The molecule has 0 saturated carbocycles. The van der Waals surface area contributed by atoms with Crippen molar-refractivity contribution in [2.45, 2.75) is 65.8 Å². The van der Waals surface area contributed by atoms with Gasteiger partial charge in [0.05, 0.1) is 6.04 Å². The van der Waals surface area contributed by atoms with Gasteiger partial charge in [-0.3, -0.25) is 0 Å². The first kappa shape index (κ1) is 22.4. The SMILES string of the molecule is C=C(CCCCC)N[C@@H](CC(C)C)C(=C)NCC(=C)C(=C)NCC. The van der Waals surface area contributed by atoms with Gasteiger partial charge in [-0.1, -0.05) is 59.9 Å². The molecule has 3 nitrogen and oxygen atoms in total. The number of allylic oxidation sites excluding steroid dienone is 1. The molecule has 3 N–H and O–H groups in total. The Kier molecular flexibility index (Phi) is 11.9. The van der Waals surface area contributed by atoms with Crippen LogP contribution in [0, 0.1) is 5.92 Å². The molecule has 0 aliphatic heterocycles. The van der Waals surface area contributed by atoms with Gasteiger partial charge in [0.2, 0.25) is 0 Å². The van der Waals surface area contributed by atoms with Gasteiger partial charge in [-0.15, -0.1) is 0 Å². The van der Waals surface area contributed by atoms with Gasteiger partial charge in [0, 0.05) is 30.2 Å². The van der Waals surface area contributed by atoms with E-state index in [2.05, 4.69) is 70.0 Å². The van der Waals surface area contributed by atoms with Gasteiger partial charge in [-0.2, -0.15) is 0 Å². The standard InChI is InChI=1S/C21H39N3/c1-9-11-12-13-18(6)24-21(14-16(3)4)20(8)23-15-17(5)19(7)22-10-2/h16,21-24H,5-15H2,1-4H3/t21-/m0/s1. The summed E-state index contributed by atoms with van der Waals surface area (Å²) in [6, 6.07) is 0.194. The van der Waals surface area contributed by atoms with Crippen molar-refractivity contribution in [2.24, 2.45) is 5.92 Å². The molecule has 0 saturated heterocycles. The monoisotopic (exact) mass is 333 g/mol. The average molecular weight is 334 g/mol. The van der Waals surface area contributed by atoms with E-state index < -0.39 is 0 Å². The second-order valence-electron chi connectivity index (χ2n) is 6.88. The number of rotatable bonds is 15. The smallest absolute Gasteiger partial charge is 0.0653 e. The van der Waals surface area contributed by atoms with Crippen LogP contribution >= 0.6 is 0 Å². The third kappa shape index (κ3) is 10.2. The number of unbranched alkanes of at least 4 members (excludes halogenated alkanes) is 2. The molecule has 0 radical (unpaired) electrons. The minimum atomic E-state index is 0.194. The topological polar surface area (TPSA) is 36.1 Å². The molecule has 1 atom stereocenters. The van der Waals surface area contributed by atoms with Crippen LogP contribution in [0.4, 0.5) is 0 Å². The van der Waals surface area contributed by atoms with Crippen LogP contribution in [-0.4, -0.2) is 19.1 Å². The van der Waals surface area contributed by atoms with E-state index >= 15 is 0 Å². The maximum atomic E-state index is 4.23. The Morgan fingerprint density at radius 1 is 0.958 bits per heavy atom. The van der Waals surface area contributed by atoms with Gasteiger partial charge < -0.3 is 16.0 Å². The first-order chi connectivity index (χ1) is 11.3. The summed E-state index contributed by atoms with van der Waals surface area (Å²) in [4.78, 5) is 0. The minimum Gasteiger partial charge on any atom is -0.386 e. The van der Waals surface area contributed by atoms with Crippen molar-refractivity contribution in [1.29, 1.82) is 0 Å². The molecule has 0 fully saturated rings. The Morgan fingerprint density at radius 3 is 2.17 bits per heavy atom. The highest BCUT2D eigenvalue weighted by Crippen LogP contribution is 2.14. The molecule has 0 aromatic heterocycles. The zero-order valence-electron chi connectivity index (χ0n) is 16.4. The Balaban J connectivity index is 4.51. The summed E-state index contributed by atoms with van der Waals surface area (Å²) in [6.07, 6.45) is 5.73. The minimum absolute atomic E-state index is 0.194. The summed E-state index contributed by atoms with van der Waals surface area (Å²) < 4.78 is 0.